The SMILES string of the molecule is O=c1[nH]c(-c2ccncc2)nc(O)c1C(F)(F)F. The number of nitrogens with one attached hydrogen (secondary N) is 1. The second-order valence-electron chi connectivity index (χ2n) is 3.35. The van der Waals surface area contributed by atoms with E-state index in [1.54, 1.807) is 0 Å². The van der Waals surface area contributed by atoms with Crippen LogP contribution < -0.4 is 5.56 Å². The summed E-state index contributed by atoms with van der Waals surface area (Å²) < 4.78 is 37.2. The number of hydrogen-bond acceptors (Lipinski definition) is 4. The van der Waals surface area contributed by atoms with E-state index in [2.05, 4.69) is 9.97 Å². The topological polar surface area (TPSA) is 78.9 Å². The van der Waals surface area contributed by atoms with Gasteiger partial charge >= 0.3 is 6.18 Å². The maximum absolute atomic E-state index is 12.4. The molecule has 2 rings (SSSR count). The molecule has 0 spiro atoms. The minimum Gasteiger partial charge on any atom is -0.493 e. The summed E-state index contributed by atoms with van der Waals surface area (Å²) in [7, 11) is 0. The van der Waals surface area contributed by atoms with Crippen LogP contribution >= 0.6 is 0 Å². The van der Waals surface area contributed by atoms with Gasteiger partial charge in [0.2, 0.25) is 5.88 Å². The standard InChI is InChI=1S/C10H6F3N3O2/c11-10(12,13)6-8(17)15-7(16-9(6)18)5-1-3-14-4-2-5/h1-4H,(H2,15,16,17,18). The van der Waals surface area contributed by atoms with Gasteiger partial charge in [-0.3, -0.25) is 9.78 Å². The largest absolute Gasteiger partial charge is 0.493 e. The Hall–Kier alpha value is -2.38. The molecular formula is C10H6F3N3O2. The summed E-state index contributed by atoms with van der Waals surface area (Å²) in [5, 5.41) is 9.20. The van der Waals surface area contributed by atoms with Crippen LogP contribution in [-0.4, -0.2) is 20.1 Å². The number of hydrogen-bond donors (Lipinski definition) is 2. The van der Waals surface area contributed by atoms with E-state index < -0.39 is 23.2 Å². The Kier molecular flexibility index (Phi) is 2.77. The van der Waals surface area contributed by atoms with E-state index in [0.717, 1.165) is 0 Å². The molecule has 0 aliphatic heterocycles. The van der Waals surface area contributed by atoms with Crippen molar-refractivity contribution in [3.63, 3.8) is 0 Å². The molecule has 0 fully saturated rings. The van der Waals surface area contributed by atoms with Crippen LogP contribution in [0, 0.1) is 0 Å². The Morgan fingerprint density at radius 1 is 1.22 bits per heavy atom. The Morgan fingerprint density at radius 3 is 2.33 bits per heavy atom. The van der Waals surface area contributed by atoms with Crippen molar-refractivity contribution in [3.05, 3.63) is 40.4 Å². The monoisotopic (exact) mass is 257 g/mol. The van der Waals surface area contributed by atoms with Crippen molar-refractivity contribution in [2.75, 3.05) is 0 Å². The van der Waals surface area contributed by atoms with Crippen LogP contribution in [0.4, 0.5) is 13.2 Å². The lowest BCUT2D eigenvalue weighted by Gasteiger charge is -2.08. The number of H-pyrrole nitrogens is 1. The van der Waals surface area contributed by atoms with Crippen molar-refractivity contribution in [2.24, 2.45) is 0 Å². The summed E-state index contributed by atoms with van der Waals surface area (Å²) in [6.45, 7) is 0. The third kappa shape index (κ3) is 2.17. The van der Waals surface area contributed by atoms with Gasteiger partial charge in [-0.25, -0.2) is 0 Å². The van der Waals surface area contributed by atoms with E-state index in [-0.39, 0.29) is 5.82 Å². The molecule has 2 aromatic heterocycles. The van der Waals surface area contributed by atoms with Gasteiger partial charge in [0.15, 0.2) is 5.56 Å². The fourth-order valence-electron chi connectivity index (χ4n) is 1.36. The van der Waals surface area contributed by atoms with E-state index in [9.17, 15) is 23.1 Å². The summed E-state index contributed by atoms with van der Waals surface area (Å²) in [5.74, 6) is -1.51. The minimum atomic E-state index is -4.96. The average Bonchev–Trinajstić information content (AvgIpc) is 2.27. The van der Waals surface area contributed by atoms with Gasteiger partial charge in [0, 0.05) is 18.0 Å². The van der Waals surface area contributed by atoms with Crippen molar-refractivity contribution >= 4 is 0 Å². The van der Waals surface area contributed by atoms with Gasteiger partial charge < -0.3 is 10.1 Å². The van der Waals surface area contributed by atoms with Crippen LogP contribution in [0.2, 0.25) is 0 Å². The quantitative estimate of drug-likeness (QED) is 0.812. The first-order valence-corrected chi connectivity index (χ1v) is 4.70. The van der Waals surface area contributed by atoms with Crippen molar-refractivity contribution in [3.8, 4) is 17.3 Å². The molecule has 94 valence electrons. The number of aromatic hydroxyl groups is 1. The number of nitrogens with zero attached hydrogens (tertiary/aromatic N) is 2. The average molecular weight is 257 g/mol. The zero-order valence-corrected chi connectivity index (χ0v) is 8.69. The van der Waals surface area contributed by atoms with Crippen LogP contribution in [0.5, 0.6) is 5.88 Å². The van der Waals surface area contributed by atoms with E-state index in [1.165, 1.54) is 24.5 Å². The molecule has 0 aromatic carbocycles. The van der Waals surface area contributed by atoms with E-state index in [1.807, 2.05) is 4.98 Å². The predicted molar refractivity (Wildman–Crippen MR) is 54.8 cm³/mol. The number of aromatic amines is 1. The molecule has 0 aliphatic rings. The summed E-state index contributed by atoms with van der Waals surface area (Å²) in [4.78, 5) is 20.3. The highest BCUT2D eigenvalue weighted by molar-refractivity contribution is 5.54. The first-order chi connectivity index (χ1) is 8.39. The molecule has 0 amide bonds. The third-order valence-corrected chi connectivity index (χ3v) is 2.14. The molecule has 2 aromatic rings. The van der Waals surface area contributed by atoms with E-state index in [0.29, 0.717) is 5.56 Å². The Labute approximate surface area is 98.0 Å². The summed E-state index contributed by atoms with van der Waals surface area (Å²) >= 11 is 0. The van der Waals surface area contributed by atoms with Gasteiger partial charge in [0.1, 0.15) is 5.82 Å². The highest BCUT2D eigenvalue weighted by atomic mass is 19.4. The highest BCUT2D eigenvalue weighted by Crippen LogP contribution is 2.32. The lowest BCUT2D eigenvalue weighted by Crippen LogP contribution is -2.23. The normalized spacial score (nSPS) is 11.5. The number of pyridine rings is 1. The third-order valence-electron chi connectivity index (χ3n) is 2.14. The zero-order valence-electron chi connectivity index (χ0n) is 8.69. The van der Waals surface area contributed by atoms with Gasteiger partial charge in [0.05, 0.1) is 0 Å². The molecule has 0 bridgehead atoms. The molecule has 0 atom stereocenters. The fourth-order valence-corrected chi connectivity index (χ4v) is 1.36. The summed E-state index contributed by atoms with van der Waals surface area (Å²) in [5.41, 5.74) is -2.81. The zero-order chi connectivity index (χ0) is 13.3. The van der Waals surface area contributed by atoms with Crippen LogP contribution in [0.1, 0.15) is 5.56 Å². The van der Waals surface area contributed by atoms with Crippen molar-refractivity contribution < 1.29 is 18.3 Å². The van der Waals surface area contributed by atoms with Gasteiger partial charge in [-0.1, -0.05) is 0 Å². The maximum atomic E-state index is 12.4. The Morgan fingerprint density at radius 2 is 1.83 bits per heavy atom. The Bertz CT molecular complexity index is 623. The molecule has 2 N–H and O–H groups in total. The molecule has 0 unspecified atom stereocenters. The fraction of sp³-hybridized carbons (Fsp3) is 0.100. The van der Waals surface area contributed by atoms with Crippen LogP contribution in [0.25, 0.3) is 11.4 Å². The summed E-state index contributed by atoms with van der Waals surface area (Å²) in [6.07, 6.45) is -2.20. The van der Waals surface area contributed by atoms with E-state index in [4.69, 9.17) is 0 Å². The second kappa shape index (κ2) is 4.13. The molecule has 18 heavy (non-hydrogen) atoms. The van der Waals surface area contributed by atoms with Crippen LogP contribution in [0.15, 0.2) is 29.3 Å². The van der Waals surface area contributed by atoms with Gasteiger partial charge in [-0.05, 0) is 12.1 Å². The first-order valence-electron chi connectivity index (χ1n) is 4.70. The molecule has 0 radical (unpaired) electrons. The number of rotatable bonds is 1. The maximum Gasteiger partial charge on any atom is 0.426 e. The van der Waals surface area contributed by atoms with Gasteiger partial charge in [0.25, 0.3) is 5.56 Å². The smallest absolute Gasteiger partial charge is 0.426 e. The molecule has 0 saturated heterocycles. The van der Waals surface area contributed by atoms with E-state index >= 15 is 0 Å². The van der Waals surface area contributed by atoms with Crippen LogP contribution in [0.3, 0.4) is 0 Å². The summed E-state index contributed by atoms with van der Waals surface area (Å²) in [6, 6.07) is 2.87. The van der Waals surface area contributed by atoms with Gasteiger partial charge in [-0.2, -0.15) is 18.2 Å². The molecular weight excluding hydrogens is 251 g/mol. The minimum absolute atomic E-state index is 0.159. The predicted octanol–water partition coefficient (Wildman–Crippen LogP) is 1.56. The Balaban J connectivity index is 2.61. The molecule has 0 saturated carbocycles. The molecule has 5 nitrogen and oxygen atoms in total. The number of aromatic nitrogens is 3. The lowest BCUT2D eigenvalue weighted by atomic mass is 10.2. The van der Waals surface area contributed by atoms with Gasteiger partial charge in [-0.15, -0.1) is 0 Å². The van der Waals surface area contributed by atoms with Crippen molar-refractivity contribution in [1.29, 1.82) is 0 Å². The van der Waals surface area contributed by atoms with Crippen molar-refractivity contribution in [2.45, 2.75) is 6.18 Å². The lowest BCUT2D eigenvalue weighted by molar-refractivity contribution is -0.140. The number of alkyl halides is 3. The first kappa shape index (κ1) is 12.1. The molecule has 8 heteroatoms. The highest BCUT2D eigenvalue weighted by Gasteiger charge is 2.38. The molecule has 0 aliphatic carbocycles. The second-order valence-corrected chi connectivity index (χ2v) is 3.35. The van der Waals surface area contributed by atoms with Crippen molar-refractivity contribution in [1.82, 2.24) is 15.0 Å². The molecule has 2 heterocycles. The van der Waals surface area contributed by atoms with Crippen LogP contribution in [-0.2, 0) is 6.18 Å². The number of halogens is 3.